The molecule has 0 unspecified atom stereocenters. The van der Waals surface area contributed by atoms with Crippen LogP contribution < -0.4 is 10.1 Å². The molecule has 2 aromatic rings. The number of rotatable bonds is 5. The second-order valence-electron chi connectivity index (χ2n) is 5.04. The molecule has 3 heteroatoms. The number of ether oxygens (including phenoxy) is 1. The molecule has 0 aliphatic carbocycles. The minimum absolute atomic E-state index is 0.218. The van der Waals surface area contributed by atoms with Gasteiger partial charge in [-0.15, -0.1) is 0 Å². The van der Waals surface area contributed by atoms with Crippen LogP contribution in [0.1, 0.15) is 19.4 Å². The van der Waals surface area contributed by atoms with Gasteiger partial charge in [0.15, 0.2) is 0 Å². The van der Waals surface area contributed by atoms with E-state index in [2.05, 4.69) is 19.2 Å². The van der Waals surface area contributed by atoms with E-state index in [-0.39, 0.29) is 5.82 Å². The lowest BCUT2D eigenvalue weighted by Crippen LogP contribution is -2.22. The predicted molar refractivity (Wildman–Crippen MR) is 80.4 cm³/mol. The molecule has 2 aromatic carbocycles. The highest BCUT2D eigenvalue weighted by molar-refractivity contribution is 5.73. The molecule has 0 saturated heterocycles. The van der Waals surface area contributed by atoms with Gasteiger partial charge in [0.05, 0.1) is 7.11 Å². The molecule has 0 radical (unpaired) electrons. The van der Waals surface area contributed by atoms with Gasteiger partial charge in [-0.3, -0.25) is 0 Å². The molecule has 0 fully saturated rings. The zero-order valence-electron chi connectivity index (χ0n) is 12.1. The van der Waals surface area contributed by atoms with Crippen LogP contribution >= 0.6 is 0 Å². The number of methoxy groups -OCH3 is 1. The van der Waals surface area contributed by atoms with E-state index in [1.807, 2.05) is 30.3 Å². The van der Waals surface area contributed by atoms with Crippen molar-refractivity contribution in [1.29, 1.82) is 0 Å². The number of para-hydroxylation sites is 1. The third kappa shape index (κ3) is 3.36. The lowest BCUT2D eigenvalue weighted by atomic mass is 9.98. The highest BCUT2D eigenvalue weighted by Crippen LogP contribution is 2.32. The molecular formula is C17H20FNO. The maximum absolute atomic E-state index is 13.5. The van der Waals surface area contributed by atoms with E-state index in [0.29, 0.717) is 12.6 Å². The van der Waals surface area contributed by atoms with Gasteiger partial charge in [0, 0.05) is 18.2 Å². The molecular weight excluding hydrogens is 253 g/mol. The molecule has 1 N–H and O–H groups in total. The van der Waals surface area contributed by atoms with Crippen LogP contribution in [0.15, 0.2) is 42.5 Å². The molecule has 0 amide bonds. The van der Waals surface area contributed by atoms with Gasteiger partial charge in [-0.25, -0.2) is 4.39 Å². The Morgan fingerprint density at radius 1 is 1.10 bits per heavy atom. The van der Waals surface area contributed by atoms with E-state index >= 15 is 0 Å². The number of benzene rings is 2. The first-order chi connectivity index (χ1) is 9.61. The Balaban J connectivity index is 2.44. The average Bonchev–Trinajstić information content (AvgIpc) is 2.45. The lowest BCUT2D eigenvalue weighted by Gasteiger charge is -2.15. The largest absolute Gasteiger partial charge is 0.496 e. The Bertz CT molecular complexity index is 581. The molecule has 0 saturated carbocycles. The molecule has 0 aliphatic rings. The van der Waals surface area contributed by atoms with Crippen molar-refractivity contribution >= 4 is 0 Å². The quantitative estimate of drug-likeness (QED) is 0.889. The Hall–Kier alpha value is -1.87. The zero-order chi connectivity index (χ0) is 14.5. The standard InChI is InChI=1S/C17H20FNO/c1-12(2)19-11-13-10-14(18)8-9-15(13)16-6-4-5-7-17(16)20-3/h4-10,12,19H,11H2,1-3H3. The van der Waals surface area contributed by atoms with Crippen LogP contribution in [0.5, 0.6) is 5.75 Å². The summed E-state index contributed by atoms with van der Waals surface area (Å²) in [6.07, 6.45) is 0. The van der Waals surface area contributed by atoms with E-state index in [0.717, 1.165) is 22.4 Å². The van der Waals surface area contributed by atoms with Crippen molar-refractivity contribution in [3.8, 4) is 16.9 Å². The van der Waals surface area contributed by atoms with Gasteiger partial charge in [0.1, 0.15) is 11.6 Å². The fraction of sp³-hybridized carbons (Fsp3) is 0.294. The minimum atomic E-state index is -0.218. The number of hydrogen-bond acceptors (Lipinski definition) is 2. The third-order valence-electron chi connectivity index (χ3n) is 3.17. The van der Waals surface area contributed by atoms with Crippen LogP contribution in [0, 0.1) is 5.82 Å². The van der Waals surface area contributed by atoms with Crippen molar-refractivity contribution in [3.05, 3.63) is 53.8 Å². The maximum atomic E-state index is 13.5. The summed E-state index contributed by atoms with van der Waals surface area (Å²) < 4.78 is 18.9. The minimum Gasteiger partial charge on any atom is -0.496 e. The first-order valence-electron chi connectivity index (χ1n) is 6.77. The van der Waals surface area contributed by atoms with E-state index in [9.17, 15) is 4.39 Å². The van der Waals surface area contributed by atoms with Crippen molar-refractivity contribution in [2.24, 2.45) is 0 Å². The van der Waals surface area contributed by atoms with Gasteiger partial charge < -0.3 is 10.1 Å². The van der Waals surface area contributed by atoms with Crippen molar-refractivity contribution in [1.82, 2.24) is 5.32 Å². The van der Waals surface area contributed by atoms with Gasteiger partial charge in [-0.1, -0.05) is 38.1 Å². The molecule has 0 spiro atoms. The van der Waals surface area contributed by atoms with E-state index in [1.165, 1.54) is 6.07 Å². The molecule has 2 nitrogen and oxygen atoms in total. The summed E-state index contributed by atoms with van der Waals surface area (Å²) in [5.74, 6) is 0.578. The van der Waals surface area contributed by atoms with Crippen molar-refractivity contribution in [2.75, 3.05) is 7.11 Å². The van der Waals surface area contributed by atoms with Gasteiger partial charge in [0.25, 0.3) is 0 Å². The van der Waals surface area contributed by atoms with E-state index in [1.54, 1.807) is 13.2 Å². The molecule has 0 bridgehead atoms. The first-order valence-corrected chi connectivity index (χ1v) is 6.77. The molecule has 0 aliphatic heterocycles. The van der Waals surface area contributed by atoms with Crippen LogP contribution in [0.25, 0.3) is 11.1 Å². The molecule has 0 atom stereocenters. The topological polar surface area (TPSA) is 21.3 Å². The van der Waals surface area contributed by atoms with Gasteiger partial charge in [-0.05, 0) is 29.3 Å². The molecule has 106 valence electrons. The summed E-state index contributed by atoms with van der Waals surface area (Å²) in [5.41, 5.74) is 2.91. The third-order valence-corrected chi connectivity index (χ3v) is 3.17. The average molecular weight is 273 g/mol. The number of halogens is 1. The SMILES string of the molecule is COc1ccccc1-c1ccc(F)cc1CNC(C)C. The second-order valence-corrected chi connectivity index (χ2v) is 5.04. The second kappa shape index (κ2) is 6.53. The van der Waals surface area contributed by atoms with Gasteiger partial charge in [-0.2, -0.15) is 0 Å². The van der Waals surface area contributed by atoms with Crippen LogP contribution in [0.3, 0.4) is 0 Å². The fourth-order valence-electron chi connectivity index (χ4n) is 2.15. The van der Waals surface area contributed by atoms with Crippen molar-refractivity contribution < 1.29 is 9.13 Å². The molecule has 0 aromatic heterocycles. The summed E-state index contributed by atoms with van der Waals surface area (Å²) in [4.78, 5) is 0. The summed E-state index contributed by atoms with van der Waals surface area (Å²) in [7, 11) is 1.65. The molecule has 0 heterocycles. The molecule has 20 heavy (non-hydrogen) atoms. The summed E-state index contributed by atoms with van der Waals surface area (Å²) in [6.45, 7) is 4.77. The normalized spacial score (nSPS) is 10.8. The van der Waals surface area contributed by atoms with Crippen LogP contribution in [-0.4, -0.2) is 13.2 Å². The van der Waals surface area contributed by atoms with Gasteiger partial charge >= 0.3 is 0 Å². The predicted octanol–water partition coefficient (Wildman–Crippen LogP) is 4.00. The molecule has 2 rings (SSSR count). The summed E-state index contributed by atoms with van der Waals surface area (Å²) in [6, 6.07) is 13.0. The lowest BCUT2D eigenvalue weighted by molar-refractivity contribution is 0.416. The number of hydrogen-bond donors (Lipinski definition) is 1. The highest BCUT2D eigenvalue weighted by Gasteiger charge is 2.11. The van der Waals surface area contributed by atoms with E-state index in [4.69, 9.17) is 4.74 Å². The van der Waals surface area contributed by atoms with Crippen LogP contribution in [0.4, 0.5) is 4.39 Å². The van der Waals surface area contributed by atoms with Gasteiger partial charge in [0.2, 0.25) is 0 Å². The van der Waals surface area contributed by atoms with Crippen molar-refractivity contribution in [2.45, 2.75) is 26.4 Å². The smallest absolute Gasteiger partial charge is 0.126 e. The number of nitrogens with one attached hydrogen (secondary N) is 1. The van der Waals surface area contributed by atoms with Crippen LogP contribution in [0.2, 0.25) is 0 Å². The Kier molecular flexibility index (Phi) is 4.74. The monoisotopic (exact) mass is 273 g/mol. The summed E-state index contributed by atoms with van der Waals surface area (Å²) in [5, 5.41) is 3.33. The van der Waals surface area contributed by atoms with E-state index < -0.39 is 0 Å². The Morgan fingerprint density at radius 2 is 1.85 bits per heavy atom. The van der Waals surface area contributed by atoms with Crippen LogP contribution in [-0.2, 0) is 6.54 Å². The summed E-state index contributed by atoms with van der Waals surface area (Å²) >= 11 is 0. The highest BCUT2D eigenvalue weighted by atomic mass is 19.1. The van der Waals surface area contributed by atoms with Crippen molar-refractivity contribution in [3.63, 3.8) is 0 Å². The maximum Gasteiger partial charge on any atom is 0.126 e. The first kappa shape index (κ1) is 14.5. The fourth-order valence-corrected chi connectivity index (χ4v) is 2.15. The zero-order valence-corrected chi connectivity index (χ0v) is 12.1. The Labute approximate surface area is 119 Å². The Morgan fingerprint density at radius 3 is 2.55 bits per heavy atom.